The number of hydrogen-bond donors (Lipinski definition) is 1. The molecule has 0 bridgehead atoms. The van der Waals surface area contributed by atoms with Crippen molar-refractivity contribution in [3.05, 3.63) is 0 Å². The summed E-state index contributed by atoms with van der Waals surface area (Å²) < 4.78 is 0. The second-order valence-electron chi connectivity index (χ2n) is 5.25. The smallest absolute Gasteiger partial charge is 0.0158 e. The van der Waals surface area contributed by atoms with Crippen molar-refractivity contribution in [2.45, 2.75) is 38.1 Å². The van der Waals surface area contributed by atoms with Gasteiger partial charge in [0.1, 0.15) is 0 Å². The van der Waals surface area contributed by atoms with Crippen LogP contribution in [0.3, 0.4) is 0 Å². The van der Waals surface area contributed by atoms with Crippen LogP contribution >= 0.6 is 0 Å². The van der Waals surface area contributed by atoms with E-state index >= 15 is 0 Å². The zero-order valence-electron chi connectivity index (χ0n) is 9.63. The molecular weight excluding hydrogens is 172 g/mol. The second kappa shape index (κ2) is 4.63. The molecule has 2 rings (SSSR count). The highest BCUT2D eigenvalue weighted by atomic mass is 15.1. The van der Waals surface area contributed by atoms with Crippen LogP contribution < -0.4 is 5.32 Å². The summed E-state index contributed by atoms with van der Waals surface area (Å²) in [5, 5.41) is 3.50. The summed E-state index contributed by atoms with van der Waals surface area (Å²) in [6, 6.07) is 0.840. The molecule has 2 unspecified atom stereocenters. The maximum atomic E-state index is 3.50. The van der Waals surface area contributed by atoms with Gasteiger partial charge in [0.2, 0.25) is 0 Å². The predicted octanol–water partition coefficient (Wildman–Crippen LogP) is 1.72. The van der Waals surface area contributed by atoms with Crippen molar-refractivity contribution in [2.24, 2.45) is 11.8 Å². The van der Waals surface area contributed by atoms with E-state index in [-0.39, 0.29) is 0 Å². The molecule has 82 valence electrons. The first-order valence-corrected chi connectivity index (χ1v) is 6.16. The van der Waals surface area contributed by atoms with Crippen LogP contribution in [0.15, 0.2) is 0 Å². The summed E-state index contributed by atoms with van der Waals surface area (Å²) >= 11 is 0. The fourth-order valence-corrected chi connectivity index (χ4v) is 3.50. The number of nitrogens with one attached hydrogen (secondary N) is 1. The average molecular weight is 196 g/mol. The standard InChI is InChI=1S/C12H24N2/c1-14(2)12(10-5-3-4-6-10)11-7-8-13-9-11/h10-13H,3-9H2,1-2H3. The van der Waals surface area contributed by atoms with Crippen LogP contribution in [0.25, 0.3) is 0 Å². The lowest BCUT2D eigenvalue weighted by Gasteiger charge is -2.34. The van der Waals surface area contributed by atoms with Gasteiger partial charge in [0, 0.05) is 6.04 Å². The first kappa shape index (κ1) is 10.4. The van der Waals surface area contributed by atoms with Crippen molar-refractivity contribution in [2.75, 3.05) is 27.2 Å². The summed E-state index contributed by atoms with van der Waals surface area (Å²) in [7, 11) is 4.53. The third-order valence-electron chi connectivity index (χ3n) is 4.06. The molecule has 0 spiro atoms. The number of hydrogen-bond acceptors (Lipinski definition) is 2. The fourth-order valence-electron chi connectivity index (χ4n) is 3.50. The lowest BCUT2D eigenvalue weighted by atomic mass is 9.85. The number of nitrogens with zero attached hydrogens (tertiary/aromatic N) is 1. The van der Waals surface area contributed by atoms with Gasteiger partial charge in [0.25, 0.3) is 0 Å². The van der Waals surface area contributed by atoms with Crippen LogP contribution in [0.2, 0.25) is 0 Å². The molecule has 1 N–H and O–H groups in total. The Kier molecular flexibility index (Phi) is 3.45. The zero-order valence-corrected chi connectivity index (χ0v) is 9.63. The molecule has 1 aliphatic carbocycles. The fraction of sp³-hybridized carbons (Fsp3) is 1.00. The van der Waals surface area contributed by atoms with Gasteiger partial charge < -0.3 is 10.2 Å². The summed E-state index contributed by atoms with van der Waals surface area (Å²) in [5.41, 5.74) is 0. The van der Waals surface area contributed by atoms with Crippen LogP contribution in [0.5, 0.6) is 0 Å². The average Bonchev–Trinajstić information content (AvgIpc) is 2.75. The largest absolute Gasteiger partial charge is 0.316 e. The van der Waals surface area contributed by atoms with Gasteiger partial charge in [-0.15, -0.1) is 0 Å². The molecule has 2 nitrogen and oxygen atoms in total. The van der Waals surface area contributed by atoms with Crippen LogP contribution in [-0.2, 0) is 0 Å². The van der Waals surface area contributed by atoms with Crippen LogP contribution in [0.1, 0.15) is 32.1 Å². The second-order valence-corrected chi connectivity index (χ2v) is 5.25. The Morgan fingerprint density at radius 3 is 2.29 bits per heavy atom. The van der Waals surface area contributed by atoms with Crippen LogP contribution in [-0.4, -0.2) is 38.1 Å². The molecule has 0 aromatic rings. The third-order valence-corrected chi connectivity index (χ3v) is 4.06. The number of rotatable bonds is 3. The molecule has 14 heavy (non-hydrogen) atoms. The molecule has 0 aromatic carbocycles. The Balaban J connectivity index is 1.98. The topological polar surface area (TPSA) is 15.3 Å². The van der Waals surface area contributed by atoms with Crippen molar-refractivity contribution in [1.82, 2.24) is 10.2 Å². The Morgan fingerprint density at radius 2 is 1.79 bits per heavy atom. The van der Waals surface area contributed by atoms with Gasteiger partial charge in [-0.2, -0.15) is 0 Å². The molecular formula is C12H24N2. The van der Waals surface area contributed by atoms with Crippen LogP contribution in [0.4, 0.5) is 0 Å². The SMILES string of the molecule is CN(C)C(C1CCCC1)C1CCNC1. The zero-order chi connectivity index (χ0) is 9.97. The van der Waals surface area contributed by atoms with E-state index in [9.17, 15) is 0 Å². The van der Waals surface area contributed by atoms with Gasteiger partial charge in [-0.3, -0.25) is 0 Å². The Labute approximate surface area is 88.1 Å². The van der Waals surface area contributed by atoms with E-state index in [1.54, 1.807) is 0 Å². The minimum Gasteiger partial charge on any atom is -0.316 e. The summed E-state index contributed by atoms with van der Waals surface area (Å²) in [5.74, 6) is 1.89. The van der Waals surface area contributed by atoms with E-state index in [4.69, 9.17) is 0 Å². The van der Waals surface area contributed by atoms with Crippen molar-refractivity contribution >= 4 is 0 Å². The highest BCUT2D eigenvalue weighted by Crippen LogP contribution is 2.34. The van der Waals surface area contributed by atoms with Gasteiger partial charge in [-0.25, -0.2) is 0 Å². The monoisotopic (exact) mass is 196 g/mol. The van der Waals surface area contributed by atoms with Crippen molar-refractivity contribution in [3.8, 4) is 0 Å². The Hall–Kier alpha value is -0.0800. The van der Waals surface area contributed by atoms with Crippen molar-refractivity contribution in [3.63, 3.8) is 0 Å². The van der Waals surface area contributed by atoms with Gasteiger partial charge in [-0.05, 0) is 58.3 Å². The quantitative estimate of drug-likeness (QED) is 0.739. The molecule has 1 aliphatic heterocycles. The third kappa shape index (κ3) is 2.12. The van der Waals surface area contributed by atoms with Crippen LogP contribution in [0, 0.1) is 11.8 Å². The molecule has 0 radical (unpaired) electrons. The van der Waals surface area contributed by atoms with E-state index in [2.05, 4.69) is 24.3 Å². The van der Waals surface area contributed by atoms with Gasteiger partial charge >= 0.3 is 0 Å². The molecule has 2 atom stereocenters. The van der Waals surface area contributed by atoms with Gasteiger partial charge in [-0.1, -0.05) is 12.8 Å². The maximum absolute atomic E-state index is 3.50. The molecule has 0 amide bonds. The van der Waals surface area contributed by atoms with Crippen molar-refractivity contribution < 1.29 is 0 Å². The predicted molar refractivity (Wildman–Crippen MR) is 60.4 cm³/mol. The molecule has 1 saturated heterocycles. The molecule has 0 aromatic heterocycles. The Morgan fingerprint density at radius 1 is 1.07 bits per heavy atom. The minimum atomic E-state index is 0.840. The lowest BCUT2D eigenvalue weighted by Crippen LogP contribution is -2.41. The maximum Gasteiger partial charge on any atom is 0.0158 e. The minimum absolute atomic E-state index is 0.840. The summed E-state index contributed by atoms with van der Waals surface area (Å²) in [4.78, 5) is 2.48. The molecule has 1 heterocycles. The van der Waals surface area contributed by atoms with E-state index < -0.39 is 0 Å². The highest BCUT2D eigenvalue weighted by Gasteiger charge is 2.34. The normalized spacial score (nSPS) is 31.5. The molecule has 2 fully saturated rings. The van der Waals surface area contributed by atoms with E-state index in [0.717, 1.165) is 17.9 Å². The first-order chi connectivity index (χ1) is 6.79. The molecule has 1 saturated carbocycles. The van der Waals surface area contributed by atoms with E-state index in [1.807, 2.05) is 0 Å². The Bertz CT molecular complexity index is 151. The van der Waals surface area contributed by atoms with E-state index in [0.29, 0.717) is 0 Å². The molecule has 2 aliphatic rings. The summed E-state index contributed by atoms with van der Waals surface area (Å²) in [6.45, 7) is 2.49. The lowest BCUT2D eigenvalue weighted by molar-refractivity contribution is 0.150. The van der Waals surface area contributed by atoms with Crippen molar-refractivity contribution in [1.29, 1.82) is 0 Å². The highest BCUT2D eigenvalue weighted by molar-refractivity contribution is 4.89. The van der Waals surface area contributed by atoms with E-state index in [1.165, 1.54) is 45.2 Å². The molecule has 2 heteroatoms. The summed E-state index contributed by atoms with van der Waals surface area (Å²) in [6.07, 6.45) is 7.27. The first-order valence-electron chi connectivity index (χ1n) is 6.16. The van der Waals surface area contributed by atoms with Gasteiger partial charge in [0.15, 0.2) is 0 Å². The van der Waals surface area contributed by atoms with Gasteiger partial charge in [0.05, 0.1) is 0 Å².